The molecule has 1 aliphatic heterocycles. The number of ether oxygens (including phenoxy) is 2. The number of likely N-dealkylation sites (N-methyl/N-ethyl adjacent to an activating group) is 2. The van der Waals surface area contributed by atoms with Crippen molar-refractivity contribution in [2.24, 2.45) is 13.0 Å². The van der Waals surface area contributed by atoms with Gasteiger partial charge in [-0.2, -0.15) is 0 Å². The van der Waals surface area contributed by atoms with Crippen molar-refractivity contribution in [1.29, 1.82) is 0 Å². The fourth-order valence-electron chi connectivity index (χ4n) is 8.50. The fraction of sp³-hybridized carbons (Fsp3) is 0.382. The second kappa shape index (κ2) is 25.6. The van der Waals surface area contributed by atoms with Crippen LogP contribution in [0.25, 0.3) is 17.3 Å². The lowest BCUT2D eigenvalue weighted by Gasteiger charge is -2.35. The van der Waals surface area contributed by atoms with Crippen molar-refractivity contribution in [2.45, 2.75) is 90.0 Å². The van der Waals surface area contributed by atoms with Crippen molar-refractivity contribution in [1.82, 2.24) is 34.9 Å². The van der Waals surface area contributed by atoms with E-state index in [1.165, 1.54) is 16.9 Å². The predicted molar refractivity (Wildman–Crippen MR) is 278 cm³/mol. The summed E-state index contributed by atoms with van der Waals surface area (Å²) in [5.41, 5.74) is 4.07. The maximum atomic E-state index is 15.0. The lowest BCUT2D eigenvalue weighted by Crippen LogP contribution is -2.57. The van der Waals surface area contributed by atoms with Gasteiger partial charge in [0.05, 0.1) is 31.0 Å². The summed E-state index contributed by atoms with van der Waals surface area (Å²) in [5, 5.41) is 6.75. The van der Waals surface area contributed by atoms with Crippen LogP contribution in [0.4, 0.5) is 0 Å². The number of unbranched alkanes of at least 4 members (excludes halogenated alkanes) is 1. The molecule has 71 heavy (non-hydrogen) atoms. The van der Waals surface area contributed by atoms with Crippen LogP contribution >= 0.6 is 23.2 Å². The summed E-state index contributed by atoms with van der Waals surface area (Å²) in [7, 11) is 6.63. The van der Waals surface area contributed by atoms with Gasteiger partial charge in [-0.3, -0.25) is 24.0 Å². The van der Waals surface area contributed by atoms with Gasteiger partial charge in [-0.1, -0.05) is 91.2 Å². The molecule has 0 spiro atoms. The monoisotopic (exact) mass is 1010 g/mol. The number of nitrogens with one attached hydrogen (secondary N) is 2. The molecule has 5 atom stereocenters. The molecule has 2 heterocycles. The van der Waals surface area contributed by atoms with Gasteiger partial charge in [0, 0.05) is 80.9 Å². The molecule has 0 aliphatic carbocycles. The Bertz CT molecular complexity index is 2640. The highest BCUT2D eigenvalue weighted by Crippen LogP contribution is 2.33. The highest BCUT2D eigenvalue weighted by Gasteiger charge is 2.36. The largest absolute Gasteiger partial charge is 0.457 e. The highest BCUT2D eigenvalue weighted by atomic mass is 35.5. The third-order valence-electron chi connectivity index (χ3n) is 13.0. The first-order valence-corrected chi connectivity index (χ1v) is 24.7. The quantitative estimate of drug-likeness (QED) is 0.112. The summed E-state index contributed by atoms with van der Waals surface area (Å²) < 4.78 is 14.0. The van der Waals surface area contributed by atoms with Gasteiger partial charge in [-0.25, -0.2) is 4.98 Å². The number of halogens is 2. The Hall–Kier alpha value is -6.48. The van der Waals surface area contributed by atoms with Crippen molar-refractivity contribution >= 4 is 58.8 Å². The van der Waals surface area contributed by atoms with Gasteiger partial charge in [-0.05, 0) is 98.8 Å². The van der Waals surface area contributed by atoms with Crippen LogP contribution in [0, 0.1) is 5.92 Å². The third kappa shape index (κ3) is 14.6. The number of imidazole rings is 1. The lowest BCUT2D eigenvalue weighted by molar-refractivity contribution is -0.147. The Labute approximate surface area is 427 Å². The Morgan fingerprint density at radius 2 is 1.49 bits per heavy atom. The summed E-state index contributed by atoms with van der Waals surface area (Å²) in [4.78, 5) is 81.4. The maximum Gasteiger partial charge on any atom is 0.247 e. The normalized spacial score (nSPS) is 20.2. The predicted octanol–water partition coefficient (Wildman–Crippen LogP) is 8.53. The molecule has 0 bridgehead atoms. The van der Waals surface area contributed by atoms with Gasteiger partial charge in [0.1, 0.15) is 29.4 Å². The highest BCUT2D eigenvalue weighted by molar-refractivity contribution is 6.31. The number of amides is 5. The van der Waals surface area contributed by atoms with Gasteiger partial charge in [0.15, 0.2) is 0 Å². The first-order valence-electron chi connectivity index (χ1n) is 24.0. The average molecular weight is 1010 g/mol. The Morgan fingerprint density at radius 1 is 0.803 bits per heavy atom. The van der Waals surface area contributed by atoms with E-state index in [0.717, 1.165) is 41.1 Å². The van der Waals surface area contributed by atoms with Crippen LogP contribution in [0.1, 0.15) is 69.0 Å². The second-order valence-electron chi connectivity index (χ2n) is 18.2. The number of rotatable bonds is 14. The molecule has 1 aromatic heterocycles. The molecule has 1 fully saturated rings. The molecule has 4 aromatic carbocycles. The lowest BCUT2D eigenvalue weighted by atomic mass is 9.93. The van der Waals surface area contributed by atoms with Crippen LogP contribution in [-0.4, -0.2) is 112 Å². The summed E-state index contributed by atoms with van der Waals surface area (Å²) >= 11 is 12.8. The number of aromatic nitrogens is 2. The standard InChI is InChI=1S/C55H65Cl2N7O7/c1-8-9-11-16-50-58-33-48(63(50)6)40-20-25-46(26-21-40)71-49-30-44(57)24-19-41(49)34-64-37(3)53(67)60-47(35-70-7)55(69)62(5)45(28-39-17-22-43(56)23-18-39)31-51(65)59-32-36(2)61(4)54(68)42(29-52(64)66)27-38-14-12-10-13-15-38/h10-26,30,33,36-37,42,45,47H,8-9,27-29,31-32,34-35H2,1-7H3,(H,59,65)(H,60,67)/b16-11+/t36-,37-,42+,45-,47-/m0/s1. The second-order valence-corrected chi connectivity index (χ2v) is 19.0. The van der Waals surface area contributed by atoms with E-state index in [9.17, 15) is 19.2 Å². The average Bonchev–Trinajstić information content (AvgIpc) is 3.73. The SMILES string of the molecule is CCC/C=C/c1ncc(-c2ccc(Oc3cc(Cl)ccc3CN3C(=O)C[C@@H](Cc4ccccc4)C(=O)N(C)[C@@H](C)CNC(=O)C[C@H](Cc4ccc(Cl)cc4)N(C)C(=O)[C@H](COC)NC(=O)[C@@H]3C)cc2)n1C. The van der Waals surface area contributed by atoms with Crippen LogP contribution < -0.4 is 15.4 Å². The number of carbonyl (C=O) groups excluding carboxylic acids is 5. The summed E-state index contributed by atoms with van der Waals surface area (Å²) in [6.07, 6.45) is 8.16. The first kappa shape index (κ1) is 53.9. The molecule has 5 amide bonds. The summed E-state index contributed by atoms with van der Waals surface area (Å²) in [6, 6.07) is 25.7. The number of carbonyl (C=O) groups is 5. The fourth-order valence-corrected chi connectivity index (χ4v) is 8.79. The molecule has 5 aromatic rings. The first-order chi connectivity index (χ1) is 34.1. The van der Waals surface area contributed by atoms with Gasteiger partial charge in [0.25, 0.3) is 0 Å². The molecular weight excluding hydrogens is 942 g/mol. The molecule has 0 unspecified atom stereocenters. The molecule has 6 rings (SSSR count). The minimum atomic E-state index is -1.19. The molecule has 0 saturated carbocycles. The van der Waals surface area contributed by atoms with Crippen LogP contribution in [0.15, 0.2) is 109 Å². The van der Waals surface area contributed by atoms with Gasteiger partial charge >= 0.3 is 0 Å². The van der Waals surface area contributed by atoms with Crippen LogP contribution in [0.2, 0.25) is 10.0 Å². The van der Waals surface area contributed by atoms with Crippen molar-refractivity contribution in [3.8, 4) is 22.8 Å². The number of nitrogens with zero attached hydrogens (tertiary/aromatic N) is 5. The van der Waals surface area contributed by atoms with Crippen molar-refractivity contribution in [2.75, 3.05) is 34.4 Å². The van der Waals surface area contributed by atoms with Gasteiger partial charge in [-0.15, -0.1) is 0 Å². The number of hydrogen-bond donors (Lipinski definition) is 2. The van der Waals surface area contributed by atoms with Crippen LogP contribution in [0.5, 0.6) is 11.5 Å². The Kier molecular flexibility index (Phi) is 19.4. The Balaban J connectivity index is 1.35. The van der Waals surface area contributed by atoms with Crippen LogP contribution in [-0.2, 0) is 55.1 Å². The smallest absolute Gasteiger partial charge is 0.247 e. The zero-order chi connectivity index (χ0) is 51.2. The minimum Gasteiger partial charge on any atom is -0.457 e. The summed E-state index contributed by atoms with van der Waals surface area (Å²) in [5.74, 6) is -1.42. The molecule has 2 N–H and O–H groups in total. The van der Waals surface area contributed by atoms with E-state index in [1.54, 1.807) is 56.3 Å². The Morgan fingerprint density at radius 3 is 2.18 bits per heavy atom. The van der Waals surface area contributed by atoms with E-state index >= 15 is 4.79 Å². The van der Waals surface area contributed by atoms with Crippen LogP contribution in [0.3, 0.4) is 0 Å². The number of benzene rings is 4. The maximum absolute atomic E-state index is 15.0. The van der Waals surface area contributed by atoms with E-state index in [4.69, 9.17) is 32.7 Å². The van der Waals surface area contributed by atoms with E-state index < -0.39 is 47.8 Å². The van der Waals surface area contributed by atoms with Gasteiger partial charge < -0.3 is 39.4 Å². The zero-order valence-corrected chi connectivity index (χ0v) is 43.1. The van der Waals surface area contributed by atoms with E-state index in [-0.39, 0.29) is 50.8 Å². The van der Waals surface area contributed by atoms with Crippen molar-refractivity contribution in [3.05, 3.63) is 142 Å². The minimum absolute atomic E-state index is 0.0733. The molecule has 14 nitrogen and oxygen atoms in total. The van der Waals surface area contributed by atoms with Crippen molar-refractivity contribution in [3.63, 3.8) is 0 Å². The molecule has 0 radical (unpaired) electrons. The molecule has 376 valence electrons. The number of allylic oxidation sites excluding steroid dienone is 1. The number of methoxy groups -OCH3 is 1. The molecule has 1 aliphatic rings. The van der Waals surface area contributed by atoms with E-state index in [0.29, 0.717) is 33.5 Å². The van der Waals surface area contributed by atoms with E-state index in [1.807, 2.05) is 97.5 Å². The topological polar surface area (TPSA) is 155 Å². The van der Waals surface area contributed by atoms with Gasteiger partial charge in [0.2, 0.25) is 29.5 Å². The molecule has 1 saturated heterocycles. The zero-order valence-electron chi connectivity index (χ0n) is 41.6. The molecular formula is C55H65Cl2N7O7. The summed E-state index contributed by atoms with van der Waals surface area (Å²) in [6.45, 7) is 5.33. The third-order valence-corrected chi connectivity index (χ3v) is 13.5. The van der Waals surface area contributed by atoms with Crippen molar-refractivity contribution < 1.29 is 33.4 Å². The molecule has 16 heteroatoms. The van der Waals surface area contributed by atoms with E-state index in [2.05, 4.69) is 28.6 Å². The number of hydrogen-bond acceptors (Lipinski definition) is 8.